The fourth-order valence-electron chi connectivity index (χ4n) is 1.78. The molecule has 1 aromatic heterocycles. The molecule has 0 aliphatic heterocycles. The summed E-state index contributed by atoms with van der Waals surface area (Å²) in [6, 6.07) is 7.17. The minimum absolute atomic E-state index is 0.148. The molecule has 0 radical (unpaired) electrons. The summed E-state index contributed by atoms with van der Waals surface area (Å²) in [5.74, 6) is -0.375. The molecule has 0 saturated heterocycles. The second kappa shape index (κ2) is 5.56. The second-order valence-electron chi connectivity index (χ2n) is 4.39. The zero-order valence-electron chi connectivity index (χ0n) is 11.5. The number of carbonyl (C=O) groups is 2. The minimum Gasteiger partial charge on any atom is -0.451 e. The Bertz CT molecular complexity index is 661. The number of rotatable bonds is 2. The van der Waals surface area contributed by atoms with Crippen molar-refractivity contribution in [1.82, 2.24) is 9.78 Å². The van der Waals surface area contributed by atoms with Crippen LogP contribution >= 0.6 is 0 Å². The average Bonchev–Trinajstić information content (AvgIpc) is 2.90. The molecule has 0 spiro atoms. The van der Waals surface area contributed by atoms with E-state index in [0.29, 0.717) is 5.69 Å². The molecule has 2 rings (SSSR count). The van der Waals surface area contributed by atoms with Crippen molar-refractivity contribution in [1.29, 1.82) is 0 Å². The largest absolute Gasteiger partial charge is 0.451 e. The van der Waals surface area contributed by atoms with Gasteiger partial charge in [-0.1, -0.05) is 17.7 Å². The fourth-order valence-corrected chi connectivity index (χ4v) is 1.78. The summed E-state index contributed by atoms with van der Waals surface area (Å²) in [5, 5.41) is 6.61. The van der Waals surface area contributed by atoms with E-state index in [1.807, 2.05) is 32.0 Å². The maximum Gasteiger partial charge on any atom is 0.434 e. The van der Waals surface area contributed by atoms with E-state index in [-0.39, 0.29) is 11.6 Å². The number of aryl methyl sites for hydroxylation is 2. The van der Waals surface area contributed by atoms with Crippen LogP contribution in [0.15, 0.2) is 30.5 Å². The Morgan fingerprint density at radius 1 is 1.25 bits per heavy atom. The molecular formula is C14H15N3O3. The van der Waals surface area contributed by atoms with Gasteiger partial charge in [0.25, 0.3) is 5.91 Å². The molecular weight excluding hydrogens is 258 g/mol. The first-order chi connectivity index (χ1) is 9.51. The van der Waals surface area contributed by atoms with Crippen molar-refractivity contribution in [2.24, 2.45) is 0 Å². The van der Waals surface area contributed by atoms with Crippen LogP contribution in [0.3, 0.4) is 0 Å². The summed E-state index contributed by atoms with van der Waals surface area (Å²) in [6.07, 6.45) is 0.735. The van der Waals surface area contributed by atoms with E-state index in [2.05, 4.69) is 15.2 Å². The van der Waals surface area contributed by atoms with Gasteiger partial charge in [-0.2, -0.15) is 9.78 Å². The van der Waals surface area contributed by atoms with E-state index >= 15 is 0 Å². The first kappa shape index (κ1) is 13.8. The number of methoxy groups -OCH3 is 1. The number of amides is 1. The van der Waals surface area contributed by atoms with Gasteiger partial charge in [-0.25, -0.2) is 4.79 Å². The van der Waals surface area contributed by atoms with Crippen LogP contribution in [-0.2, 0) is 4.74 Å². The van der Waals surface area contributed by atoms with Crippen LogP contribution < -0.4 is 5.32 Å². The van der Waals surface area contributed by atoms with Gasteiger partial charge in [-0.15, -0.1) is 0 Å². The van der Waals surface area contributed by atoms with Crippen LogP contribution in [0.25, 0.3) is 0 Å². The highest BCUT2D eigenvalue weighted by molar-refractivity contribution is 6.03. The van der Waals surface area contributed by atoms with E-state index in [4.69, 9.17) is 0 Å². The Balaban J connectivity index is 2.16. The predicted octanol–water partition coefficient (Wildman–Crippen LogP) is 2.37. The van der Waals surface area contributed by atoms with Crippen LogP contribution in [0.2, 0.25) is 0 Å². The van der Waals surface area contributed by atoms with Crippen molar-refractivity contribution in [3.63, 3.8) is 0 Å². The zero-order chi connectivity index (χ0) is 14.7. The molecule has 6 nitrogen and oxygen atoms in total. The minimum atomic E-state index is -0.643. The molecule has 0 bridgehead atoms. The van der Waals surface area contributed by atoms with Crippen molar-refractivity contribution < 1.29 is 14.3 Å². The topological polar surface area (TPSA) is 73.2 Å². The number of nitrogens with zero attached hydrogens (tertiary/aromatic N) is 2. The molecule has 0 unspecified atom stereocenters. The molecule has 1 heterocycles. The third-order valence-corrected chi connectivity index (χ3v) is 2.81. The quantitative estimate of drug-likeness (QED) is 0.911. The molecule has 2 aromatic rings. The van der Waals surface area contributed by atoms with Crippen LogP contribution in [0.5, 0.6) is 0 Å². The highest BCUT2D eigenvalue weighted by Crippen LogP contribution is 2.16. The Hall–Kier alpha value is -2.63. The molecule has 1 N–H and O–H groups in total. The average molecular weight is 273 g/mol. The third kappa shape index (κ3) is 2.85. The molecule has 1 aromatic carbocycles. The van der Waals surface area contributed by atoms with Gasteiger partial charge in [0.2, 0.25) is 0 Å². The molecule has 0 atom stereocenters. The van der Waals surface area contributed by atoms with Crippen LogP contribution in [0.1, 0.15) is 21.6 Å². The Morgan fingerprint density at radius 3 is 2.65 bits per heavy atom. The number of benzene rings is 1. The third-order valence-electron chi connectivity index (χ3n) is 2.81. The number of nitrogens with one attached hydrogen (secondary N) is 1. The summed E-state index contributed by atoms with van der Waals surface area (Å²) in [6.45, 7) is 3.90. The maximum atomic E-state index is 12.0. The van der Waals surface area contributed by atoms with Crippen LogP contribution in [0, 0.1) is 13.8 Å². The molecule has 1 amide bonds. The normalized spacial score (nSPS) is 10.2. The van der Waals surface area contributed by atoms with Gasteiger partial charge < -0.3 is 10.1 Å². The van der Waals surface area contributed by atoms with Gasteiger partial charge in [-0.05, 0) is 31.5 Å². The van der Waals surface area contributed by atoms with Crippen LogP contribution in [0.4, 0.5) is 10.5 Å². The molecule has 0 aliphatic rings. The molecule has 104 valence electrons. The van der Waals surface area contributed by atoms with Gasteiger partial charge in [-0.3, -0.25) is 4.79 Å². The number of anilines is 1. The van der Waals surface area contributed by atoms with E-state index in [1.54, 1.807) is 0 Å². The highest BCUT2D eigenvalue weighted by Gasteiger charge is 2.13. The van der Waals surface area contributed by atoms with Crippen molar-refractivity contribution in [2.45, 2.75) is 13.8 Å². The lowest BCUT2D eigenvalue weighted by molar-refractivity contribution is 0.102. The van der Waals surface area contributed by atoms with Crippen molar-refractivity contribution in [3.05, 3.63) is 47.3 Å². The summed E-state index contributed by atoms with van der Waals surface area (Å²) >= 11 is 0. The molecule has 0 saturated carbocycles. The lowest BCUT2D eigenvalue weighted by Gasteiger charge is -2.07. The standard InChI is InChI=1S/C14H15N3O3/c1-9-4-5-11(10(2)8-9)15-13(18)12-6-7-17(16-12)14(19)20-3/h4-8H,1-3H3,(H,15,18). The first-order valence-electron chi connectivity index (χ1n) is 6.04. The van der Waals surface area contributed by atoms with E-state index in [1.165, 1.54) is 19.4 Å². The van der Waals surface area contributed by atoms with Gasteiger partial charge >= 0.3 is 6.09 Å². The smallest absolute Gasteiger partial charge is 0.434 e. The number of aromatic nitrogens is 2. The number of carbonyl (C=O) groups excluding carboxylic acids is 2. The number of ether oxygens (including phenoxy) is 1. The lowest BCUT2D eigenvalue weighted by atomic mass is 10.1. The molecule has 0 aliphatic carbocycles. The number of hydrogen-bond donors (Lipinski definition) is 1. The molecule has 6 heteroatoms. The zero-order valence-corrected chi connectivity index (χ0v) is 11.5. The Kier molecular flexibility index (Phi) is 3.84. The van der Waals surface area contributed by atoms with Crippen molar-refractivity contribution >= 4 is 17.7 Å². The van der Waals surface area contributed by atoms with Gasteiger partial charge in [0.15, 0.2) is 5.69 Å². The van der Waals surface area contributed by atoms with Gasteiger partial charge in [0, 0.05) is 11.9 Å². The Morgan fingerprint density at radius 2 is 2.00 bits per heavy atom. The summed E-state index contributed by atoms with van der Waals surface area (Å²) in [4.78, 5) is 23.3. The predicted molar refractivity (Wildman–Crippen MR) is 73.9 cm³/mol. The second-order valence-corrected chi connectivity index (χ2v) is 4.39. The van der Waals surface area contributed by atoms with Gasteiger partial charge in [0.1, 0.15) is 0 Å². The number of hydrogen-bond acceptors (Lipinski definition) is 4. The van der Waals surface area contributed by atoms with Crippen LogP contribution in [-0.4, -0.2) is 28.9 Å². The van der Waals surface area contributed by atoms with E-state index < -0.39 is 6.09 Å². The fraction of sp³-hybridized carbons (Fsp3) is 0.214. The first-order valence-corrected chi connectivity index (χ1v) is 6.04. The maximum absolute atomic E-state index is 12.0. The van der Waals surface area contributed by atoms with Gasteiger partial charge in [0.05, 0.1) is 7.11 Å². The summed E-state index contributed by atoms with van der Waals surface area (Å²) < 4.78 is 5.48. The molecule has 20 heavy (non-hydrogen) atoms. The molecule has 0 fully saturated rings. The Labute approximate surface area is 116 Å². The summed E-state index contributed by atoms with van der Waals surface area (Å²) in [5.41, 5.74) is 2.95. The van der Waals surface area contributed by atoms with E-state index in [0.717, 1.165) is 15.8 Å². The lowest BCUT2D eigenvalue weighted by Crippen LogP contribution is -2.16. The van der Waals surface area contributed by atoms with Crippen molar-refractivity contribution in [2.75, 3.05) is 12.4 Å². The highest BCUT2D eigenvalue weighted by atomic mass is 16.5. The van der Waals surface area contributed by atoms with E-state index in [9.17, 15) is 9.59 Å². The van der Waals surface area contributed by atoms with Crippen molar-refractivity contribution in [3.8, 4) is 0 Å². The monoisotopic (exact) mass is 273 g/mol. The summed E-state index contributed by atoms with van der Waals surface area (Å²) in [7, 11) is 1.25. The SMILES string of the molecule is COC(=O)n1ccc(C(=O)Nc2ccc(C)cc2C)n1.